The molecule has 0 amide bonds. The monoisotopic (exact) mass is 370 g/mol. The Morgan fingerprint density at radius 2 is 0.931 bits per heavy atom. The standard InChI is InChI=1S/C29H22/c1-2-7-24(8-3-1)25-17-13-22(14-18-25)21-23-15-19-27(20-16-23)29-12-6-10-26-9-4-5-11-28(26)29/h1-20H,21H2. The summed E-state index contributed by atoms with van der Waals surface area (Å²) in [5.74, 6) is 0. The Labute approximate surface area is 172 Å². The van der Waals surface area contributed by atoms with Crippen molar-refractivity contribution in [1.82, 2.24) is 0 Å². The summed E-state index contributed by atoms with van der Waals surface area (Å²) in [5, 5.41) is 2.59. The lowest BCUT2D eigenvalue weighted by Crippen LogP contribution is -1.89. The lowest BCUT2D eigenvalue weighted by atomic mass is 9.96. The zero-order valence-corrected chi connectivity index (χ0v) is 16.3. The van der Waals surface area contributed by atoms with Crippen LogP contribution in [0.4, 0.5) is 0 Å². The number of hydrogen-bond acceptors (Lipinski definition) is 0. The predicted molar refractivity (Wildman–Crippen MR) is 124 cm³/mol. The van der Waals surface area contributed by atoms with Gasteiger partial charge in [0.2, 0.25) is 0 Å². The molecule has 0 unspecified atom stereocenters. The summed E-state index contributed by atoms with van der Waals surface area (Å²) in [6.45, 7) is 0. The summed E-state index contributed by atoms with van der Waals surface area (Å²) >= 11 is 0. The van der Waals surface area contributed by atoms with Crippen LogP contribution in [0.15, 0.2) is 121 Å². The van der Waals surface area contributed by atoms with E-state index in [1.54, 1.807) is 0 Å². The Kier molecular flexibility index (Phi) is 4.68. The van der Waals surface area contributed by atoms with Gasteiger partial charge in [-0.3, -0.25) is 0 Å². The SMILES string of the molecule is c1ccc(-c2ccc(Cc3ccc(-c4cccc5ccccc45)cc3)cc2)cc1. The molecule has 5 aromatic carbocycles. The Morgan fingerprint density at radius 1 is 0.379 bits per heavy atom. The van der Waals surface area contributed by atoms with Gasteiger partial charge in [0.1, 0.15) is 0 Å². The maximum absolute atomic E-state index is 2.25. The van der Waals surface area contributed by atoms with Crippen LogP contribution in [0.5, 0.6) is 0 Å². The van der Waals surface area contributed by atoms with Gasteiger partial charge in [-0.2, -0.15) is 0 Å². The van der Waals surface area contributed by atoms with Crippen LogP contribution in [-0.2, 0) is 6.42 Å². The number of benzene rings is 5. The molecule has 0 saturated carbocycles. The molecule has 29 heavy (non-hydrogen) atoms. The lowest BCUT2D eigenvalue weighted by Gasteiger charge is -2.09. The number of fused-ring (bicyclic) bond motifs is 1. The van der Waals surface area contributed by atoms with Crippen molar-refractivity contribution in [3.05, 3.63) is 132 Å². The fourth-order valence-corrected chi connectivity index (χ4v) is 3.96. The van der Waals surface area contributed by atoms with Crippen LogP contribution in [0.25, 0.3) is 33.0 Å². The Balaban J connectivity index is 1.37. The number of rotatable bonds is 4. The van der Waals surface area contributed by atoms with E-state index in [-0.39, 0.29) is 0 Å². The first-order chi connectivity index (χ1) is 14.4. The molecule has 0 atom stereocenters. The van der Waals surface area contributed by atoms with Gasteiger partial charge in [0.15, 0.2) is 0 Å². The molecule has 0 nitrogen and oxygen atoms in total. The molecule has 0 aliphatic rings. The van der Waals surface area contributed by atoms with E-state index in [0.29, 0.717) is 0 Å². The van der Waals surface area contributed by atoms with E-state index in [1.807, 2.05) is 0 Å². The molecule has 0 saturated heterocycles. The fraction of sp³-hybridized carbons (Fsp3) is 0.0345. The minimum Gasteiger partial charge on any atom is -0.0622 e. The highest BCUT2D eigenvalue weighted by Gasteiger charge is 2.04. The van der Waals surface area contributed by atoms with E-state index >= 15 is 0 Å². The Bertz CT molecular complexity index is 1230. The van der Waals surface area contributed by atoms with Crippen molar-refractivity contribution in [3.8, 4) is 22.3 Å². The van der Waals surface area contributed by atoms with Crippen LogP contribution < -0.4 is 0 Å². The Hall–Kier alpha value is -3.64. The fourth-order valence-electron chi connectivity index (χ4n) is 3.96. The zero-order valence-electron chi connectivity index (χ0n) is 16.3. The van der Waals surface area contributed by atoms with Crippen LogP contribution >= 0.6 is 0 Å². The first-order valence-corrected chi connectivity index (χ1v) is 10.1. The second-order valence-corrected chi connectivity index (χ2v) is 7.46. The van der Waals surface area contributed by atoms with Crippen molar-refractivity contribution in [2.75, 3.05) is 0 Å². The average molecular weight is 370 g/mol. The third-order valence-electron chi connectivity index (χ3n) is 5.52. The predicted octanol–water partition coefficient (Wildman–Crippen LogP) is 7.76. The highest BCUT2D eigenvalue weighted by Crippen LogP contribution is 2.29. The molecule has 0 aliphatic carbocycles. The summed E-state index contributed by atoms with van der Waals surface area (Å²) < 4.78 is 0. The first kappa shape index (κ1) is 17.5. The molecule has 0 heterocycles. The first-order valence-electron chi connectivity index (χ1n) is 10.1. The highest BCUT2D eigenvalue weighted by atomic mass is 14.1. The summed E-state index contributed by atoms with van der Waals surface area (Å²) in [7, 11) is 0. The molecule has 138 valence electrons. The van der Waals surface area contributed by atoms with Gasteiger partial charge in [-0.25, -0.2) is 0 Å². The zero-order chi connectivity index (χ0) is 19.5. The van der Waals surface area contributed by atoms with Crippen LogP contribution in [0, 0.1) is 0 Å². The molecule has 5 rings (SSSR count). The smallest absolute Gasteiger partial charge is 0.00258 e. The van der Waals surface area contributed by atoms with Gasteiger partial charge in [-0.05, 0) is 50.6 Å². The van der Waals surface area contributed by atoms with Gasteiger partial charge in [-0.15, -0.1) is 0 Å². The molecule has 0 aliphatic heterocycles. The van der Waals surface area contributed by atoms with E-state index in [0.717, 1.165) is 6.42 Å². The van der Waals surface area contributed by atoms with Crippen molar-refractivity contribution >= 4 is 10.8 Å². The van der Waals surface area contributed by atoms with Gasteiger partial charge in [0.05, 0.1) is 0 Å². The minimum atomic E-state index is 0.949. The van der Waals surface area contributed by atoms with Crippen molar-refractivity contribution in [1.29, 1.82) is 0 Å². The third-order valence-corrected chi connectivity index (χ3v) is 5.52. The maximum atomic E-state index is 2.25. The van der Waals surface area contributed by atoms with Crippen molar-refractivity contribution in [3.63, 3.8) is 0 Å². The van der Waals surface area contributed by atoms with E-state index in [1.165, 1.54) is 44.2 Å². The van der Waals surface area contributed by atoms with E-state index in [4.69, 9.17) is 0 Å². The normalized spacial score (nSPS) is 10.9. The second-order valence-electron chi connectivity index (χ2n) is 7.46. The summed E-state index contributed by atoms with van der Waals surface area (Å²) in [4.78, 5) is 0. The maximum Gasteiger partial charge on any atom is -0.00258 e. The minimum absolute atomic E-state index is 0.949. The van der Waals surface area contributed by atoms with Crippen molar-refractivity contribution in [2.45, 2.75) is 6.42 Å². The van der Waals surface area contributed by atoms with Crippen molar-refractivity contribution < 1.29 is 0 Å². The molecule has 0 radical (unpaired) electrons. The molecular formula is C29H22. The van der Waals surface area contributed by atoms with Crippen LogP contribution in [0.1, 0.15) is 11.1 Å². The molecule has 0 spiro atoms. The Morgan fingerprint density at radius 3 is 1.66 bits per heavy atom. The molecular weight excluding hydrogens is 348 g/mol. The van der Waals surface area contributed by atoms with E-state index < -0.39 is 0 Å². The summed E-state index contributed by atoms with van der Waals surface area (Å²) in [6.07, 6.45) is 0.949. The van der Waals surface area contributed by atoms with Gasteiger partial charge in [0.25, 0.3) is 0 Å². The summed E-state index contributed by atoms with van der Waals surface area (Å²) in [5.41, 5.74) is 7.76. The molecule has 0 aromatic heterocycles. The molecule has 0 bridgehead atoms. The molecule has 0 heteroatoms. The van der Waals surface area contributed by atoms with E-state index in [2.05, 4.69) is 121 Å². The molecule has 5 aromatic rings. The topological polar surface area (TPSA) is 0 Å². The van der Waals surface area contributed by atoms with Crippen LogP contribution in [0.3, 0.4) is 0 Å². The molecule has 0 fully saturated rings. The third kappa shape index (κ3) is 3.70. The van der Waals surface area contributed by atoms with E-state index in [9.17, 15) is 0 Å². The summed E-state index contributed by atoms with van der Waals surface area (Å²) in [6, 6.07) is 43.5. The van der Waals surface area contributed by atoms with Gasteiger partial charge < -0.3 is 0 Å². The lowest BCUT2D eigenvalue weighted by molar-refractivity contribution is 1.19. The molecule has 0 N–H and O–H groups in total. The van der Waals surface area contributed by atoms with Gasteiger partial charge in [0, 0.05) is 0 Å². The number of hydrogen-bond donors (Lipinski definition) is 0. The average Bonchev–Trinajstić information content (AvgIpc) is 2.80. The quantitative estimate of drug-likeness (QED) is 0.303. The van der Waals surface area contributed by atoms with Gasteiger partial charge >= 0.3 is 0 Å². The second kappa shape index (κ2) is 7.77. The van der Waals surface area contributed by atoms with Gasteiger partial charge in [-0.1, -0.05) is 121 Å². The van der Waals surface area contributed by atoms with Crippen LogP contribution in [-0.4, -0.2) is 0 Å². The highest BCUT2D eigenvalue weighted by molar-refractivity contribution is 5.96. The van der Waals surface area contributed by atoms with Crippen LogP contribution in [0.2, 0.25) is 0 Å². The van der Waals surface area contributed by atoms with Crippen molar-refractivity contribution in [2.24, 2.45) is 0 Å². The largest absolute Gasteiger partial charge is 0.0622 e.